The zero-order valence-electron chi connectivity index (χ0n) is 21.9. The molecule has 5 aliphatic heterocycles. The third-order valence-electron chi connectivity index (χ3n) is 9.01. The lowest BCUT2D eigenvalue weighted by molar-refractivity contribution is -0.138. The van der Waals surface area contributed by atoms with Crippen LogP contribution in [0.5, 0.6) is 0 Å². The highest BCUT2D eigenvalue weighted by atomic mass is 16.4. The smallest absolute Gasteiger partial charge is 0.304 e. The lowest BCUT2D eigenvalue weighted by Crippen LogP contribution is -2.41. The minimum absolute atomic E-state index is 0.0311. The van der Waals surface area contributed by atoms with Crippen LogP contribution in [0.1, 0.15) is 85.1 Å². The van der Waals surface area contributed by atoms with Crippen LogP contribution in [-0.4, -0.2) is 35.0 Å². The number of aliphatic carboxylic acids is 1. The average Bonchev–Trinajstić information content (AvgIpc) is 2.90. The molecule has 8 rings (SSSR count). The van der Waals surface area contributed by atoms with Crippen molar-refractivity contribution in [2.24, 2.45) is 17.7 Å². The fourth-order valence-corrected chi connectivity index (χ4v) is 6.71. The number of anilines is 2. The first-order valence-corrected chi connectivity index (χ1v) is 13.8. The number of hydrogen-bond donors (Lipinski definition) is 3. The number of nitrogens with two attached hydrogens (primary N) is 2. The Morgan fingerprint density at radius 3 is 2.57 bits per heavy atom. The molecule has 6 aliphatic rings. The maximum atomic E-state index is 13.5. The van der Waals surface area contributed by atoms with Gasteiger partial charge in [-0.25, -0.2) is 5.84 Å². The van der Waals surface area contributed by atoms with Crippen LogP contribution in [0.3, 0.4) is 0 Å². The van der Waals surface area contributed by atoms with Crippen molar-refractivity contribution in [1.29, 1.82) is 0 Å². The molecule has 1 amide bonds. The number of carboxylic acids is 1. The SMILES string of the molecule is Cc1c2ccc(c1N)N(N)CCCCC1CCC(CC1)C(=O)N1CCc3ccc(cc3C1)C2CC(=O)O. The van der Waals surface area contributed by atoms with Crippen LogP contribution in [-0.2, 0) is 22.6 Å². The standard InChI is InChI=1S/C30H40N4O3/c1-19-25-11-12-27(29(19)31)34(32)14-3-2-4-20-5-7-22(8-6-20)30(37)33-15-13-21-9-10-23(16-24(21)18-33)26(25)17-28(35)36/h9-12,16,20,22,26H,2-8,13-15,17-18,31-32H2,1H3,(H,35,36). The summed E-state index contributed by atoms with van der Waals surface area (Å²) in [5.41, 5.74) is 13.1. The van der Waals surface area contributed by atoms with E-state index in [1.807, 2.05) is 24.0 Å². The molecule has 37 heavy (non-hydrogen) atoms. The molecular formula is C30H40N4O3. The molecule has 2 aromatic carbocycles. The molecule has 7 heteroatoms. The summed E-state index contributed by atoms with van der Waals surface area (Å²) in [6.07, 6.45) is 8.31. The molecule has 0 saturated heterocycles. The van der Waals surface area contributed by atoms with Gasteiger partial charge in [-0.1, -0.05) is 37.1 Å². The van der Waals surface area contributed by atoms with E-state index >= 15 is 0 Å². The van der Waals surface area contributed by atoms with Crippen LogP contribution in [0.15, 0.2) is 30.3 Å². The molecule has 198 valence electrons. The summed E-state index contributed by atoms with van der Waals surface area (Å²) in [5.74, 6) is 6.37. The minimum Gasteiger partial charge on any atom is -0.481 e. The number of amides is 1. The van der Waals surface area contributed by atoms with Gasteiger partial charge in [-0.3, -0.25) is 9.59 Å². The number of benzene rings is 2. The number of carbonyl (C=O) groups is 2. The van der Waals surface area contributed by atoms with E-state index in [1.165, 1.54) is 12.0 Å². The summed E-state index contributed by atoms with van der Waals surface area (Å²) in [6.45, 7) is 4.04. The number of rotatable bonds is 2. The molecule has 7 bridgehead atoms. The summed E-state index contributed by atoms with van der Waals surface area (Å²) in [4.78, 5) is 27.4. The van der Waals surface area contributed by atoms with Crippen molar-refractivity contribution in [3.05, 3.63) is 58.1 Å². The second kappa shape index (κ2) is 10.7. The average molecular weight is 505 g/mol. The Labute approximate surface area is 219 Å². The van der Waals surface area contributed by atoms with E-state index in [2.05, 4.69) is 18.2 Å². The van der Waals surface area contributed by atoms with Crippen LogP contribution < -0.4 is 16.6 Å². The van der Waals surface area contributed by atoms with E-state index in [4.69, 9.17) is 11.6 Å². The van der Waals surface area contributed by atoms with Gasteiger partial charge in [-0.05, 0) is 85.3 Å². The number of nitrogen functional groups attached to an aromatic ring is 1. The fourth-order valence-electron chi connectivity index (χ4n) is 6.71. The highest BCUT2D eigenvalue weighted by molar-refractivity contribution is 5.79. The first-order valence-electron chi connectivity index (χ1n) is 13.8. The van der Waals surface area contributed by atoms with E-state index in [9.17, 15) is 14.7 Å². The molecule has 0 aromatic heterocycles. The van der Waals surface area contributed by atoms with Crippen LogP contribution >= 0.6 is 0 Å². The molecule has 0 radical (unpaired) electrons. The number of carboxylic acid groups (broad SMARTS) is 1. The Bertz CT molecular complexity index is 1170. The third kappa shape index (κ3) is 5.33. The van der Waals surface area contributed by atoms with E-state index in [-0.39, 0.29) is 18.3 Å². The van der Waals surface area contributed by atoms with Crippen molar-refractivity contribution in [2.75, 3.05) is 23.8 Å². The molecule has 5 heterocycles. The van der Waals surface area contributed by atoms with Crippen LogP contribution in [0, 0.1) is 18.8 Å². The zero-order valence-corrected chi connectivity index (χ0v) is 21.9. The second-order valence-electron chi connectivity index (χ2n) is 11.3. The van der Waals surface area contributed by atoms with Crippen LogP contribution in [0.25, 0.3) is 0 Å². The molecule has 1 atom stereocenters. The number of carbonyl (C=O) groups excluding carboxylic acids is 1. The largest absolute Gasteiger partial charge is 0.481 e. The first kappa shape index (κ1) is 25.6. The zero-order chi connectivity index (χ0) is 26.1. The second-order valence-corrected chi connectivity index (χ2v) is 11.3. The molecule has 2 aromatic rings. The van der Waals surface area contributed by atoms with Gasteiger partial charge in [0.15, 0.2) is 0 Å². The Morgan fingerprint density at radius 2 is 1.81 bits per heavy atom. The molecular weight excluding hydrogens is 464 g/mol. The van der Waals surface area contributed by atoms with Gasteiger partial charge in [0.05, 0.1) is 17.8 Å². The molecule has 1 fully saturated rings. The summed E-state index contributed by atoms with van der Waals surface area (Å²) in [6, 6.07) is 10.2. The number of nitrogens with zero attached hydrogens (tertiary/aromatic N) is 2. The molecule has 1 saturated carbocycles. The molecule has 1 aliphatic carbocycles. The summed E-state index contributed by atoms with van der Waals surface area (Å²) < 4.78 is 0. The normalized spacial score (nSPS) is 24.5. The maximum Gasteiger partial charge on any atom is 0.304 e. The highest BCUT2D eigenvalue weighted by Gasteiger charge is 2.32. The summed E-state index contributed by atoms with van der Waals surface area (Å²) in [5, 5.41) is 11.5. The molecule has 5 N–H and O–H groups in total. The van der Waals surface area contributed by atoms with Crippen molar-refractivity contribution < 1.29 is 14.7 Å². The van der Waals surface area contributed by atoms with Gasteiger partial charge in [-0.15, -0.1) is 0 Å². The summed E-state index contributed by atoms with van der Waals surface area (Å²) in [7, 11) is 0. The minimum atomic E-state index is -0.855. The first-order chi connectivity index (χ1) is 17.8. The van der Waals surface area contributed by atoms with Gasteiger partial charge in [0.2, 0.25) is 5.91 Å². The van der Waals surface area contributed by atoms with Crippen molar-refractivity contribution in [3.8, 4) is 0 Å². The Balaban J connectivity index is 1.54. The lowest BCUT2D eigenvalue weighted by Gasteiger charge is -2.35. The molecule has 1 unspecified atom stereocenters. The van der Waals surface area contributed by atoms with E-state index in [0.717, 1.165) is 86.0 Å². The summed E-state index contributed by atoms with van der Waals surface area (Å²) >= 11 is 0. The predicted octanol–water partition coefficient (Wildman–Crippen LogP) is 4.74. The number of hydrogen-bond acceptors (Lipinski definition) is 5. The van der Waals surface area contributed by atoms with Gasteiger partial charge in [0.1, 0.15) is 0 Å². The highest BCUT2D eigenvalue weighted by Crippen LogP contribution is 2.39. The Hall–Kier alpha value is -3.06. The van der Waals surface area contributed by atoms with E-state index in [1.54, 1.807) is 5.01 Å². The monoisotopic (exact) mass is 504 g/mol. The lowest BCUT2D eigenvalue weighted by atomic mass is 9.79. The van der Waals surface area contributed by atoms with Crippen LogP contribution in [0.2, 0.25) is 0 Å². The van der Waals surface area contributed by atoms with Gasteiger partial charge >= 0.3 is 5.97 Å². The Morgan fingerprint density at radius 1 is 1.03 bits per heavy atom. The van der Waals surface area contributed by atoms with Crippen molar-refractivity contribution in [2.45, 2.75) is 77.2 Å². The Kier molecular flexibility index (Phi) is 7.43. The maximum absolute atomic E-state index is 13.5. The quantitative estimate of drug-likeness (QED) is 0.402. The van der Waals surface area contributed by atoms with Gasteiger partial charge in [-0.2, -0.15) is 0 Å². The van der Waals surface area contributed by atoms with Crippen molar-refractivity contribution in [1.82, 2.24) is 4.90 Å². The van der Waals surface area contributed by atoms with Gasteiger partial charge in [0.25, 0.3) is 0 Å². The fraction of sp³-hybridized carbons (Fsp3) is 0.533. The predicted molar refractivity (Wildman–Crippen MR) is 146 cm³/mol. The third-order valence-corrected chi connectivity index (χ3v) is 9.01. The van der Waals surface area contributed by atoms with Crippen molar-refractivity contribution in [3.63, 3.8) is 0 Å². The van der Waals surface area contributed by atoms with Gasteiger partial charge < -0.3 is 20.7 Å². The van der Waals surface area contributed by atoms with E-state index < -0.39 is 5.97 Å². The topological polar surface area (TPSA) is 113 Å². The number of hydrazine groups is 1. The molecule has 0 spiro atoms. The van der Waals surface area contributed by atoms with Gasteiger partial charge in [0, 0.05) is 31.5 Å². The van der Waals surface area contributed by atoms with E-state index in [0.29, 0.717) is 24.1 Å². The van der Waals surface area contributed by atoms with Crippen molar-refractivity contribution >= 4 is 23.3 Å². The van der Waals surface area contributed by atoms with Crippen LogP contribution in [0.4, 0.5) is 11.4 Å². The molecule has 7 nitrogen and oxygen atoms in total.